The van der Waals surface area contributed by atoms with Gasteiger partial charge in [0.25, 0.3) is 5.91 Å². The van der Waals surface area contributed by atoms with Crippen LogP contribution in [0.2, 0.25) is 0 Å². The topological polar surface area (TPSA) is 141 Å². The fourth-order valence-corrected chi connectivity index (χ4v) is 8.10. The number of anilines is 1. The number of carbonyl (C=O) groups is 4. The molecule has 1 spiro atoms. The van der Waals surface area contributed by atoms with E-state index in [2.05, 4.69) is 10.6 Å². The van der Waals surface area contributed by atoms with Crippen molar-refractivity contribution in [3.63, 3.8) is 0 Å². The quantitative estimate of drug-likeness (QED) is 0.532. The van der Waals surface area contributed by atoms with Crippen molar-refractivity contribution in [2.45, 2.75) is 69.9 Å². The molecular formula is C30H34F3N5O6. The van der Waals surface area contributed by atoms with Gasteiger partial charge in [0.2, 0.25) is 17.4 Å². The Morgan fingerprint density at radius 2 is 1.93 bits per heavy atom. The molecule has 0 aromatic heterocycles. The van der Waals surface area contributed by atoms with E-state index in [1.165, 1.54) is 12.0 Å². The first-order valence-electron chi connectivity index (χ1n) is 14.7. The van der Waals surface area contributed by atoms with Gasteiger partial charge in [0.05, 0.1) is 19.7 Å². The summed E-state index contributed by atoms with van der Waals surface area (Å²) in [7, 11) is 1.17. The first-order chi connectivity index (χ1) is 20.7. The van der Waals surface area contributed by atoms with Crippen molar-refractivity contribution in [3.05, 3.63) is 23.8 Å². The number of methoxy groups -OCH3 is 1. The maximum absolute atomic E-state index is 15.2. The molecule has 2 saturated heterocycles. The highest BCUT2D eigenvalue weighted by Gasteiger charge is 2.65. The third-order valence-electron chi connectivity index (χ3n) is 10.1. The summed E-state index contributed by atoms with van der Waals surface area (Å²) < 4.78 is 54.2. The molecule has 9 unspecified atom stereocenters. The number of halogens is 3. The number of nitrogens with one attached hydrogen (secondary N) is 2. The van der Waals surface area contributed by atoms with Crippen LogP contribution in [0.15, 0.2) is 12.1 Å². The number of likely N-dealkylation sites (tertiary alicyclic amines) is 2. The van der Waals surface area contributed by atoms with Crippen LogP contribution >= 0.6 is 0 Å². The third-order valence-corrected chi connectivity index (χ3v) is 10.1. The van der Waals surface area contributed by atoms with Gasteiger partial charge in [-0.2, -0.15) is 5.26 Å². The molecule has 2 N–H and O–H groups in total. The summed E-state index contributed by atoms with van der Waals surface area (Å²) in [6.07, 6.45) is -1.35. The lowest BCUT2D eigenvalue weighted by atomic mass is 9.77. The second-order valence-corrected chi connectivity index (χ2v) is 13.6. The van der Waals surface area contributed by atoms with Crippen molar-refractivity contribution in [1.29, 1.82) is 5.26 Å². The molecule has 2 aliphatic carbocycles. The summed E-state index contributed by atoms with van der Waals surface area (Å²) in [5.41, 5.74) is -2.97. The lowest BCUT2D eigenvalue weighted by Gasteiger charge is -2.38. The number of alkyl carbamates (subject to hydrolysis) is 1. The van der Waals surface area contributed by atoms with Gasteiger partial charge in [0.1, 0.15) is 35.8 Å². The highest BCUT2D eigenvalue weighted by Crippen LogP contribution is 2.59. The number of amides is 4. The molecule has 4 amide bonds. The number of ether oxygens (including phenoxy) is 2. The van der Waals surface area contributed by atoms with Crippen LogP contribution in [0.5, 0.6) is 5.75 Å². The van der Waals surface area contributed by atoms with E-state index in [-0.39, 0.29) is 36.2 Å². The molecule has 0 radical (unpaired) electrons. The zero-order chi connectivity index (χ0) is 31.9. The van der Waals surface area contributed by atoms with Gasteiger partial charge in [-0.3, -0.25) is 14.4 Å². The molecule has 2 saturated carbocycles. The Kier molecular flexibility index (Phi) is 7.01. The van der Waals surface area contributed by atoms with Crippen LogP contribution in [0.1, 0.15) is 40.0 Å². The maximum Gasteiger partial charge on any atom is 0.407 e. The zero-order valence-corrected chi connectivity index (χ0v) is 24.7. The molecule has 9 atom stereocenters. The van der Waals surface area contributed by atoms with E-state index >= 15 is 4.39 Å². The number of alkyl halides is 1. The fourth-order valence-electron chi connectivity index (χ4n) is 8.10. The molecule has 3 aliphatic heterocycles. The molecule has 11 nitrogen and oxygen atoms in total. The van der Waals surface area contributed by atoms with Crippen LogP contribution in [0.3, 0.4) is 0 Å². The Morgan fingerprint density at radius 3 is 2.59 bits per heavy atom. The van der Waals surface area contributed by atoms with Crippen molar-refractivity contribution >= 4 is 29.5 Å². The monoisotopic (exact) mass is 617 g/mol. The van der Waals surface area contributed by atoms with E-state index in [1.54, 1.807) is 20.8 Å². The molecule has 44 heavy (non-hydrogen) atoms. The van der Waals surface area contributed by atoms with Gasteiger partial charge < -0.3 is 29.9 Å². The average Bonchev–Trinajstić information content (AvgIpc) is 3.71. The number of carbonyl (C=O) groups excluding carboxylic acids is 4. The number of rotatable bonds is 3. The van der Waals surface area contributed by atoms with Crippen molar-refractivity contribution in [3.8, 4) is 11.8 Å². The van der Waals surface area contributed by atoms with Crippen molar-refractivity contribution in [1.82, 2.24) is 15.1 Å². The van der Waals surface area contributed by atoms with E-state index < -0.39 is 89.1 Å². The van der Waals surface area contributed by atoms with Crippen LogP contribution in [-0.4, -0.2) is 83.7 Å². The minimum absolute atomic E-state index is 0.0276. The molecule has 3 heterocycles. The molecular weight excluding hydrogens is 583 g/mol. The first-order valence-corrected chi connectivity index (χ1v) is 14.7. The highest BCUT2D eigenvalue weighted by molar-refractivity contribution is 6.02. The van der Waals surface area contributed by atoms with E-state index in [1.807, 2.05) is 6.07 Å². The van der Waals surface area contributed by atoms with E-state index in [0.717, 1.165) is 11.0 Å². The Bertz CT molecular complexity index is 1480. The van der Waals surface area contributed by atoms with E-state index in [0.29, 0.717) is 18.9 Å². The summed E-state index contributed by atoms with van der Waals surface area (Å²) in [5, 5.41) is 15.1. The first kappa shape index (κ1) is 30.0. The van der Waals surface area contributed by atoms with Crippen LogP contribution < -0.4 is 15.4 Å². The summed E-state index contributed by atoms with van der Waals surface area (Å²) in [4.78, 5) is 56.8. The van der Waals surface area contributed by atoms with Gasteiger partial charge >= 0.3 is 6.09 Å². The predicted octanol–water partition coefficient (Wildman–Crippen LogP) is 2.75. The third kappa shape index (κ3) is 4.54. The molecule has 14 heteroatoms. The van der Waals surface area contributed by atoms with Gasteiger partial charge in [-0.15, -0.1) is 0 Å². The normalized spacial score (nSPS) is 34.1. The van der Waals surface area contributed by atoms with Gasteiger partial charge in [-0.05, 0) is 41.9 Å². The summed E-state index contributed by atoms with van der Waals surface area (Å²) >= 11 is 0. The minimum Gasteiger partial charge on any atom is -0.473 e. The zero-order valence-electron chi connectivity index (χ0n) is 24.7. The van der Waals surface area contributed by atoms with Gasteiger partial charge in [0.15, 0.2) is 11.6 Å². The van der Waals surface area contributed by atoms with Gasteiger partial charge in [0, 0.05) is 25.1 Å². The van der Waals surface area contributed by atoms with E-state index in [4.69, 9.17) is 9.47 Å². The Labute approximate surface area is 252 Å². The summed E-state index contributed by atoms with van der Waals surface area (Å²) in [6.45, 7) is 4.99. The second-order valence-electron chi connectivity index (χ2n) is 13.6. The van der Waals surface area contributed by atoms with E-state index in [9.17, 15) is 33.2 Å². The predicted molar refractivity (Wildman–Crippen MR) is 146 cm³/mol. The SMILES string of the molecule is COC(=O)NC(C(=O)N1CC2C3CC(F)C(C3)C2C1C(=O)N1CC2(CC1C#N)Oc1cc(F)cc(F)c1NC2=O)C(C)(C)C. The lowest BCUT2D eigenvalue weighted by molar-refractivity contribution is -0.149. The summed E-state index contributed by atoms with van der Waals surface area (Å²) in [6, 6.07) is 0.0978. The van der Waals surface area contributed by atoms with Crippen molar-refractivity contribution < 1.29 is 41.8 Å². The van der Waals surface area contributed by atoms with Crippen molar-refractivity contribution in [2.75, 3.05) is 25.5 Å². The second kappa shape index (κ2) is 10.3. The lowest BCUT2D eigenvalue weighted by Crippen LogP contribution is -2.60. The summed E-state index contributed by atoms with van der Waals surface area (Å²) in [5.74, 6) is -5.43. The van der Waals surface area contributed by atoms with Crippen LogP contribution in [-0.2, 0) is 19.1 Å². The van der Waals surface area contributed by atoms with Crippen LogP contribution in [0, 0.1) is 52.1 Å². The smallest absolute Gasteiger partial charge is 0.407 e. The Hall–Kier alpha value is -4.02. The Balaban J connectivity index is 1.35. The number of hydrogen-bond acceptors (Lipinski definition) is 7. The maximum atomic E-state index is 15.2. The molecule has 236 valence electrons. The van der Waals surface area contributed by atoms with Crippen LogP contribution in [0.4, 0.5) is 23.7 Å². The molecule has 1 aromatic carbocycles. The average molecular weight is 618 g/mol. The number of nitrogens with zero attached hydrogens (tertiary/aromatic N) is 3. The number of nitriles is 1. The number of hydrogen-bond donors (Lipinski definition) is 2. The van der Waals surface area contributed by atoms with Gasteiger partial charge in [-0.25, -0.2) is 18.0 Å². The number of benzene rings is 1. The standard InChI is InChI=1S/C30H34F3N5O6/c1-29(2,3)24(36-28(42)43-4)26(40)37-11-17-13-5-16(18(32)6-13)21(17)23(37)25(39)38-12-30(9-15(38)10-34)27(41)35-22-19(33)7-14(31)8-20(22)44-30/h7-8,13,15-18,21,23-24H,5-6,9,11-12H2,1-4H3,(H,35,41)(H,36,42). The van der Waals surface area contributed by atoms with Gasteiger partial charge in [-0.1, -0.05) is 20.8 Å². The highest BCUT2D eigenvalue weighted by atomic mass is 19.1. The van der Waals surface area contributed by atoms with Crippen LogP contribution in [0.25, 0.3) is 0 Å². The molecule has 2 bridgehead atoms. The largest absolute Gasteiger partial charge is 0.473 e. The molecule has 4 fully saturated rings. The molecule has 6 rings (SSSR count). The number of fused-ring (bicyclic) bond motifs is 6. The fraction of sp³-hybridized carbons (Fsp3) is 0.633. The Morgan fingerprint density at radius 1 is 1.20 bits per heavy atom. The molecule has 1 aromatic rings. The van der Waals surface area contributed by atoms with Crippen molar-refractivity contribution in [2.24, 2.45) is 29.1 Å². The minimum atomic E-state index is -1.83. The molecule has 5 aliphatic rings.